The molecule has 0 aromatic carbocycles. The van der Waals surface area contributed by atoms with Gasteiger partial charge in [0, 0.05) is 61.3 Å². The van der Waals surface area contributed by atoms with Gasteiger partial charge in [-0.2, -0.15) is 5.10 Å². The predicted octanol–water partition coefficient (Wildman–Crippen LogP) is 3.38. The number of anilines is 1. The molecule has 1 aliphatic heterocycles. The summed E-state index contributed by atoms with van der Waals surface area (Å²) in [6.45, 7) is 1.90. The van der Waals surface area contributed by atoms with Crippen LogP contribution >= 0.6 is 0 Å². The Morgan fingerprint density at radius 1 is 1.09 bits per heavy atom. The van der Waals surface area contributed by atoms with Gasteiger partial charge in [-0.1, -0.05) is 0 Å². The minimum atomic E-state index is 0.0297. The number of hydrogen-bond donors (Lipinski definition) is 0. The van der Waals surface area contributed by atoms with Gasteiger partial charge in [0.05, 0.1) is 29.5 Å². The van der Waals surface area contributed by atoms with Crippen molar-refractivity contribution >= 4 is 22.5 Å². The number of fused-ring (bicyclic) bond motifs is 1. The Balaban J connectivity index is 1.32. The van der Waals surface area contributed by atoms with E-state index in [0.29, 0.717) is 17.3 Å². The second kappa shape index (κ2) is 9.30. The van der Waals surface area contributed by atoms with Crippen LogP contribution in [0.3, 0.4) is 0 Å². The fraction of sp³-hybridized carbons (Fsp3) is 0.346. The maximum Gasteiger partial charge on any atom is 0.169 e. The average molecular weight is 456 g/mol. The first-order valence-electron chi connectivity index (χ1n) is 11.6. The molecule has 0 spiro atoms. The first-order chi connectivity index (χ1) is 16.5. The molecule has 1 fully saturated rings. The Bertz CT molecular complexity index is 1320. The van der Waals surface area contributed by atoms with Crippen LogP contribution in [0.1, 0.15) is 28.9 Å². The Morgan fingerprint density at radius 3 is 2.65 bits per heavy atom. The van der Waals surface area contributed by atoms with Gasteiger partial charge in [0.15, 0.2) is 5.78 Å². The minimum absolute atomic E-state index is 0.0297. The van der Waals surface area contributed by atoms with Gasteiger partial charge < -0.3 is 9.80 Å². The van der Waals surface area contributed by atoms with Crippen LogP contribution in [0.25, 0.3) is 22.2 Å². The maximum absolute atomic E-state index is 13.1. The molecule has 4 aromatic rings. The lowest BCUT2D eigenvalue weighted by Gasteiger charge is -2.35. The molecule has 0 unspecified atom stereocenters. The van der Waals surface area contributed by atoms with Crippen molar-refractivity contribution in [2.75, 3.05) is 32.1 Å². The van der Waals surface area contributed by atoms with Crippen molar-refractivity contribution in [1.29, 1.82) is 0 Å². The third kappa shape index (κ3) is 4.68. The molecule has 0 aliphatic carbocycles. The standard InChI is InChI=1S/C26H29N7O/c1-31(2)22-7-10-33(11-8-22)26-12-18(6-9-27-26)25(34)14-21-13-24-19(15-28-21)4-5-23(30-24)20-16-29-32(3)17-20/h4-6,9,12-13,15-17,22H,7-8,10-11,14H2,1-3H3. The first-order valence-corrected chi connectivity index (χ1v) is 11.6. The number of piperidine rings is 1. The zero-order chi connectivity index (χ0) is 23.7. The fourth-order valence-electron chi connectivity index (χ4n) is 4.51. The topological polar surface area (TPSA) is 80.0 Å². The Labute approximate surface area is 199 Å². The number of pyridine rings is 3. The highest BCUT2D eigenvalue weighted by Gasteiger charge is 2.22. The third-order valence-corrected chi connectivity index (χ3v) is 6.56. The van der Waals surface area contributed by atoms with Crippen molar-refractivity contribution in [3.8, 4) is 11.3 Å². The zero-order valence-electron chi connectivity index (χ0n) is 19.8. The molecule has 0 atom stereocenters. The van der Waals surface area contributed by atoms with Crippen LogP contribution in [-0.2, 0) is 13.5 Å². The van der Waals surface area contributed by atoms with Crippen molar-refractivity contribution in [2.45, 2.75) is 25.3 Å². The van der Waals surface area contributed by atoms with Gasteiger partial charge in [-0.05, 0) is 57.3 Å². The number of nitrogens with zero attached hydrogens (tertiary/aromatic N) is 7. The average Bonchev–Trinajstić information content (AvgIpc) is 3.30. The summed E-state index contributed by atoms with van der Waals surface area (Å²) in [6.07, 6.45) is 9.67. The molecular formula is C26H29N7O. The summed E-state index contributed by atoms with van der Waals surface area (Å²) >= 11 is 0. The van der Waals surface area contributed by atoms with E-state index >= 15 is 0 Å². The number of hydrogen-bond acceptors (Lipinski definition) is 7. The maximum atomic E-state index is 13.1. The van der Waals surface area contributed by atoms with Gasteiger partial charge in [0.1, 0.15) is 5.82 Å². The van der Waals surface area contributed by atoms with Crippen molar-refractivity contribution in [3.63, 3.8) is 0 Å². The predicted molar refractivity (Wildman–Crippen MR) is 133 cm³/mol. The molecule has 1 aliphatic rings. The van der Waals surface area contributed by atoms with E-state index in [1.165, 1.54) is 0 Å². The lowest BCUT2D eigenvalue weighted by molar-refractivity contribution is 0.0992. The smallest absolute Gasteiger partial charge is 0.169 e. The number of carbonyl (C=O) groups is 1. The molecule has 34 heavy (non-hydrogen) atoms. The third-order valence-electron chi connectivity index (χ3n) is 6.56. The summed E-state index contributed by atoms with van der Waals surface area (Å²) in [5.74, 6) is 0.902. The summed E-state index contributed by atoms with van der Waals surface area (Å²) in [7, 11) is 6.15. The molecule has 0 saturated carbocycles. The summed E-state index contributed by atoms with van der Waals surface area (Å²) < 4.78 is 1.76. The monoisotopic (exact) mass is 455 g/mol. The van der Waals surface area contributed by atoms with E-state index in [0.717, 1.165) is 53.9 Å². The molecule has 8 nitrogen and oxygen atoms in total. The Hall–Kier alpha value is -3.65. The van der Waals surface area contributed by atoms with Crippen LogP contribution in [-0.4, -0.2) is 68.6 Å². The number of carbonyl (C=O) groups excluding carboxylic acids is 1. The second-order valence-electron chi connectivity index (χ2n) is 9.15. The summed E-state index contributed by atoms with van der Waals surface area (Å²) in [6, 6.07) is 10.2. The summed E-state index contributed by atoms with van der Waals surface area (Å²) in [5, 5.41) is 5.17. The van der Waals surface area contributed by atoms with Crippen LogP contribution in [0.4, 0.5) is 5.82 Å². The molecule has 4 aromatic heterocycles. The second-order valence-corrected chi connectivity index (χ2v) is 9.15. The normalized spacial score (nSPS) is 14.8. The van der Waals surface area contributed by atoms with Crippen molar-refractivity contribution in [3.05, 3.63) is 66.4 Å². The van der Waals surface area contributed by atoms with E-state index in [4.69, 9.17) is 4.98 Å². The number of rotatable bonds is 6. The molecule has 0 bridgehead atoms. The van der Waals surface area contributed by atoms with Crippen LogP contribution in [0.5, 0.6) is 0 Å². The summed E-state index contributed by atoms with van der Waals surface area (Å²) in [5.41, 5.74) is 3.99. The molecule has 5 heterocycles. The van der Waals surface area contributed by atoms with E-state index in [2.05, 4.69) is 39.0 Å². The van der Waals surface area contributed by atoms with Gasteiger partial charge >= 0.3 is 0 Å². The first kappa shape index (κ1) is 22.2. The van der Waals surface area contributed by atoms with Gasteiger partial charge in [-0.3, -0.25) is 14.5 Å². The van der Waals surface area contributed by atoms with E-state index in [1.54, 1.807) is 29.3 Å². The lowest BCUT2D eigenvalue weighted by atomic mass is 10.0. The molecule has 0 amide bonds. The van der Waals surface area contributed by atoms with Crippen molar-refractivity contribution in [1.82, 2.24) is 29.6 Å². The molecule has 5 rings (SSSR count). The Kier molecular flexibility index (Phi) is 6.06. The van der Waals surface area contributed by atoms with Gasteiger partial charge in [-0.25, -0.2) is 9.97 Å². The highest BCUT2D eigenvalue weighted by molar-refractivity contribution is 5.98. The van der Waals surface area contributed by atoms with Gasteiger partial charge in [0.2, 0.25) is 0 Å². The van der Waals surface area contributed by atoms with Crippen molar-refractivity contribution in [2.24, 2.45) is 7.05 Å². The van der Waals surface area contributed by atoms with Crippen LogP contribution in [0, 0.1) is 0 Å². The lowest BCUT2D eigenvalue weighted by Crippen LogP contribution is -2.42. The fourth-order valence-corrected chi connectivity index (χ4v) is 4.51. The van der Waals surface area contributed by atoms with E-state index < -0.39 is 0 Å². The zero-order valence-corrected chi connectivity index (χ0v) is 19.8. The van der Waals surface area contributed by atoms with Crippen molar-refractivity contribution < 1.29 is 4.79 Å². The molecule has 174 valence electrons. The Morgan fingerprint density at radius 2 is 1.91 bits per heavy atom. The number of ketones is 1. The van der Waals surface area contributed by atoms with Crippen LogP contribution in [0.2, 0.25) is 0 Å². The number of aryl methyl sites for hydroxylation is 1. The largest absolute Gasteiger partial charge is 0.356 e. The minimum Gasteiger partial charge on any atom is -0.356 e. The van der Waals surface area contributed by atoms with E-state index in [9.17, 15) is 4.79 Å². The summed E-state index contributed by atoms with van der Waals surface area (Å²) in [4.78, 5) is 31.5. The molecular weight excluding hydrogens is 426 g/mol. The molecule has 8 heteroatoms. The molecule has 0 radical (unpaired) electrons. The van der Waals surface area contributed by atoms with Gasteiger partial charge in [0.25, 0.3) is 0 Å². The molecule has 0 N–H and O–H groups in total. The van der Waals surface area contributed by atoms with Gasteiger partial charge in [-0.15, -0.1) is 0 Å². The van der Waals surface area contributed by atoms with E-state index in [-0.39, 0.29) is 12.2 Å². The highest BCUT2D eigenvalue weighted by atomic mass is 16.1. The SMILES string of the molecule is CN(C)C1CCN(c2cc(C(=O)Cc3cc4nc(-c5cnn(C)c5)ccc4cn3)ccn2)CC1. The number of Topliss-reactive ketones (excluding diaryl/α,β-unsaturated/α-hetero) is 1. The van der Waals surface area contributed by atoms with Crippen LogP contribution in [0.15, 0.2) is 55.1 Å². The van der Waals surface area contributed by atoms with E-state index in [1.807, 2.05) is 37.5 Å². The highest BCUT2D eigenvalue weighted by Crippen LogP contribution is 2.23. The quantitative estimate of drug-likeness (QED) is 0.412. The number of aromatic nitrogens is 5. The molecule has 1 saturated heterocycles. The van der Waals surface area contributed by atoms with Crippen LogP contribution < -0.4 is 4.90 Å².